The molecule has 2 N–H and O–H groups in total. The van der Waals surface area contributed by atoms with Gasteiger partial charge in [0.1, 0.15) is 11.6 Å². The second kappa shape index (κ2) is 12.7. The van der Waals surface area contributed by atoms with Gasteiger partial charge in [0.25, 0.3) is 0 Å². The van der Waals surface area contributed by atoms with Crippen LogP contribution in [0.25, 0.3) is 0 Å². The molecule has 1 aliphatic heterocycles. The molecule has 1 aromatic carbocycles. The number of nitrogens with zero attached hydrogens (tertiary/aromatic N) is 2. The van der Waals surface area contributed by atoms with Crippen molar-refractivity contribution in [3.8, 4) is 5.75 Å². The summed E-state index contributed by atoms with van der Waals surface area (Å²) in [5, 5.41) is 6.64. The number of rotatable bonds is 8. The first-order valence-electron chi connectivity index (χ1n) is 9.33. The molecule has 1 amide bonds. The average Bonchev–Trinajstić information content (AvgIpc) is 3.11. The Morgan fingerprint density at radius 2 is 2.07 bits per heavy atom. The highest BCUT2D eigenvalue weighted by molar-refractivity contribution is 14.0. The minimum absolute atomic E-state index is 0. The van der Waals surface area contributed by atoms with Crippen molar-refractivity contribution in [3.63, 3.8) is 0 Å². The number of aliphatic imine (C=N–C) groups is 1. The van der Waals surface area contributed by atoms with Gasteiger partial charge in [-0.1, -0.05) is 6.92 Å². The number of benzene rings is 1. The molecule has 1 atom stereocenters. The van der Waals surface area contributed by atoms with E-state index in [0.717, 1.165) is 38.4 Å². The van der Waals surface area contributed by atoms with Gasteiger partial charge in [0, 0.05) is 45.1 Å². The topological polar surface area (TPSA) is 66.0 Å². The molecule has 0 bridgehead atoms. The Morgan fingerprint density at radius 1 is 1.33 bits per heavy atom. The number of carbonyl (C=O) groups is 1. The molecule has 1 unspecified atom stereocenters. The van der Waals surface area contributed by atoms with E-state index >= 15 is 0 Å². The monoisotopic (exact) mass is 492 g/mol. The van der Waals surface area contributed by atoms with Crippen molar-refractivity contribution in [1.29, 1.82) is 0 Å². The Hall–Kier alpha value is -1.58. The maximum Gasteiger partial charge on any atom is 0.222 e. The van der Waals surface area contributed by atoms with Crippen molar-refractivity contribution in [1.82, 2.24) is 15.5 Å². The Kier molecular flexibility index (Phi) is 11.1. The molecular weight excluding hydrogens is 462 g/mol. The first-order chi connectivity index (χ1) is 12.6. The zero-order valence-corrected chi connectivity index (χ0v) is 18.4. The van der Waals surface area contributed by atoms with E-state index in [2.05, 4.69) is 15.6 Å². The Balaban J connectivity index is 0.00000364. The Morgan fingerprint density at radius 3 is 2.74 bits per heavy atom. The van der Waals surface area contributed by atoms with Crippen LogP contribution in [0.5, 0.6) is 5.75 Å². The number of hydrogen-bond donors (Lipinski definition) is 2. The average molecular weight is 492 g/mol. The van der Waals surface area contributed by atoms with Crippen LogP contribution in [0.2, 0.25) is 0 Å². The molecule has 8 heteroatoms. The van der Waals surface area contributed by atoms with Crippen molar-refractivity contribution in [2.75, 3.05) is 32.8 Å². The predicted molar refractivity (Wildman–Crippen MR) is 116 cm³/mol. The fraction of sp³-hybridized carbons (Fsp3) is 0.579. The normalized spacial score (nSPS) is 16.6. The largest absolute Gasteiger partial charge is 0.494 e. The van der Waals surface area contributed by atoms with Crippen LogP contribution >= 0.6 is 24.0 Å². The number of guanidine groups is 1. The van der Waals surface area contributed by atoms with Crippen LogP contribution in [0, 0.1) is 5.82 Å². The highest BCUT2D eigenvalue weighted by Gasteiger charge is 2.25. The summed E-state index contributed by atoms with van der Waals surface area (Å²) in [5.41, 5.74) is 0. The van der Waals surface area contributed by atoms with Crippen molar-refractivity contribution >= 4 is 35.8 Å². The van der Waals surface area contributed by atoms with Crippen LogP contribution in [0.15, 0.2) is 29.3 Å². The number of amides is 1. The highest BCUT2D eigenvalue weighted by Crippen LogP contribution is 2.11. The van der Waals surface area contributed by atoms with E-state index in [1.807, 2.05) is 18.7 Å². The summed E-state index contributed by atoms with van der Waals surface area (Å²) in [4.78, 5) is 18.2. The molecule has 27 heavy (non-hydrogen) atoms. The fourth-order valence-corrected chi connectivity index (χ4v) is 2.82. The first kappa shape index (κ1) is 23.5. The zero-order chi connectivity index (χ0) is 18.8. The molecule has 0 aromatic heterocycles. The van der Waals surface area contributed by atoms with E-state index in [9.17, 15) is 9.18 Å². The molecule has 0 radical (unpaired) electrons. The summed E-state index contributed by atoms with van der Waals surface area (Å²) in [6, 6.07) is 6.24. The SMILES string of the molecule is CCNC(=NCCCOc1ccc(F)cc1)NC1CCN(C(=O)CC)C1.I. The smallest absolute Gasteiger partial charge is 0.222 e. The van der Waals surface area contributed by atoms with Gasteiger partial charge >= 0.3 is 0 Å². The van der Waals surface area contributed by atoms with Gasteiger partial charge in [-0.15, -0.1) is 24.0 Å². The number of ether oxygens (including phenoxy) is 1. The van der Waals surface area contributed by atoms with Gasteiger partial charge in [-0.05, 0) is 37.6 Å². The lowest BCUT2D eigenvalue weighted by molar-refractivity contribution is -0.129. The van der Waals surface area contributed by atoms with Crippen molar-refractivity contribution in [2.45, 2.75) is 39.2 Å². The molecule has 152 valence electrons. The van der Waals surface area contributed by atoms with Gasteiger partial charge in [-0.3, -0.25) is 9.79 Å². The molecule has 6 nitrogen and oxygen atoms in total. The lowest BCUT2D eigenvalue weighted by Gasteiger charge is -2.18. The number of carbonyl (C=O) groups excluding carboxylic acids is 1. The van der Waals surface area contributed by atoms with Crippen molar-refractivity contribution < 1.29 is 13.9 Å². The van der Waals surface area contributed by atoms with Crippen LogP contribution in [-0.4, -0.2) is 55.6 Å². The predicted octanol–water partition coefficient (Wildman–Crippen LogP) is 2.78. The standard InChI is InChI=1S/C19H29FN4O2.HI/c1-3-18(25)24-12-10-16(14-24)23-19(21-4-2)22-11-5-13-26-17-8-6-15(20)7-9-17;/h6-9,16H,3-5,10-14H2,1-2H3,(H2,21,22,23);1H. The van der Waals surface area contributed by atoms with Gasteiger partial charge < -0.3 is 20.3 Å². The molecule has 1 heterocycles. The highest BCUT2D eigenvalue weighted by atomic mass is 127. The maximum absolute atomic E-state index is 12.8. The molecular formula is C19H30FIN4O2. The molecule has 1 aliphatic rings. The third kappa shape index (κ3) is 8.32. The third-order valence-electron chi connectivity index (χ3n) is 4.18. The van der Waals surface area contributed by atoms with E-state index in [-0.39, 0.29) is 41.7 Å². The van der Waals surface area contributed by atoms with Gasteiger partial charge in [-0.25, -0.2) is 4.39 Å². The minimum atomic E-state index is -0.269. The third-order valence-corrected chi connectivity index (χ3v) is 4.18. The molecule has 1 saturated heterocycles. The summed E-state index contributed by atoms with van der Waals surface area (Å²) in [6.07, 6.45) is 2.25. The second-order valence-corrected chi connectivity index (χ2v) is 6.24. The van der Waals surface area contributed by atoms with Crippen molar-refractivity contribution in [3.05, 3.63) is 30.1 Å². The van der Waals surface area contributed by atoms with Gasteiger partial charge in [0.2, 0.25) is 5.91 Å². The van der Waals surface area contributed by atoms with E-state index in [0.29, 0.717) is 25.3 Å². The van der Waals surface area contributed by atoms with E-state index < -0.39 is 0 Å². The van der Waals surface area contributed by atoms with Gasteiger partial charge in [-0.2, -0.15) is 0 Å². The second-order valence-electron chi connectivity index (χ2n) is 6.24. The van der Waals surface area contributed by atoms with E-state index in [1.165, 1.54) is 12.1 Å². The van der Waals surface area contributed by atoms with Crippen LogP contribution in [-0.2, 0) is 4.79 Å². The quantitative estimate of drug-likeness (QED) is 0.254. The minimum Gasteiger partial charge on any atom is -0.494 e. The Labute approximate surface area is 178 Å². The summed E-state index contributed by atoms with van der Waals surface area (Å²) in [5.74, 6) is 1.36. The summed E-state index contributed by atoms with van der Waals surface area (Å²) in [7, 11) is 0. The number of likely N-dealkylation sites (tertiary alicyclic amines) is 1. The van der Waals surface area contributed by atoms with E-state index in [1.54, 1.807) is 12.1 Å². The van der Waals surface area contributed by atoms with Crippen LogP contribution in [0.4, 0.5) is 4.39 Å². The van der Waals surface area contributed by atoms with Crippen LogP contribution < -0.4 is 15.4 Å². The number of nitrogens with one attached hydrogen (secondary N) is 2. The summed E-state index contributed by atoms with van der Waals surface area (Å²) < 4.78 is 18.4. The lowest BCUT2D eigenvalue weighted by atomic mass is 10.3. The molecule has 0 spiro atoms. The van der Waals surface area contributed by atoms with E-state index in [4.69, 9.17) is 4.74 Å². The molecule has 1 fully saturated rings. The lowest BCUT2D eigenvalue weighted by Crippen LogP contribution is -2.45. The molecule has 2 rings (SSSR count). The summed E-state index contributed by atoms with van der Waals surface area (Å²) >= 11 is 0. The number of hydrogen-bond acceptors (Lipinski definition) is 3. The molecule has 1 aromatic rings. The Bertz CT molecular complexity index is 598. The van der Waals surface area contributed by atoms with Crippen LogP contribution in [0.1, 0.15) is 33.1 Å². The fourth-order valence-electron chi connectivity index (χ4n) is 2.82. The molecule has 0 saturated carbocycles. The molecule has 0 aliphatic carbocycles. The number of halogens is 2. The zero-order valence-electron chi connectivity index (χ0n) is 16.0. The van der Waals surface area contributed by atoms with Crippen molar-refractivity contribution in [2.24, 2.45) is 4.99 Å². The maximum atomic E-state index is 12.8. The first-order valence-corrected chi connectivity index (χ1v) is 9.33. The van der Waals surface area contributed by atoms with Gasteiger partial charge in [0.05, 0.1) is 6.61 Å². The summed E-state index contributed by atoms with van der Waals surface area (Å²) in [6.45, 7) is 7.37. The van der Waals surface area contributed by atoms with Crippen LogP contribution in [0.3, 0.4) is 0 Å². The van der Waals surface area contributed by atoms with Gasteiger partial charge in [0.15, 0.2) is 5.96 Å².